The van der Waals surface area contributed by atoms with Gasteiger partial charge in [-0.25, -0.2) is 4.99 Å². The lowest BCUT2D eigenvalue weighted by molar-refractivity contribution is 0.132. The number of hydrogen-bond donors (Lipinski definition) is 1. The SMILES string of the molecule is C#Cc1cccc(NC(=NC=C)c2cc(OCCOC)c(OCCOC)cc2C)c1. The molecule has 0 bridgehead atoms. The van der Waals surface area contributed by atoms with Gasteiger partial charge in [0.15, 0.2) is 11.5 Å². The summed E-state index contributed by atoms with van der Waals surface area (Å²) in [6, 6.07) is 11.4. The van der Waals surface area contributed by atoms with Crippen LogP contribution in [0.5, 0.6) is 11.5 Å². The Morgan fingerprint density at radius 2 is 1.73 bits per heavy atom. The molecule has 1 N–H and O–H groups in total. The lowest BCUT2D eigenvalue weighted by atomic mass is 10.1. The summed E-state index contributed by atoms with van der Waals surface area (Å²) in [6.07, 6.45) is 7.00. The van der Waals surface area contributed by atoms with Gasteiger partial charge in [0.25, 0.3) is 0 Å². The molecule has 0 radical (unpaired) electrons. The van der Waals surface area contributed by atoms with Gasteiger partial charge in [-0.05, 0) is 42.8 Å². The van der Waals surface area contributed by atoms with Crippen LogP contribution < -0.4 is 14.8 Å². The van der Waals surface area contributed by atoms with Gasteiger partial charge >= 0.3 is 0 Å². The lowest BCUT2D eigenvalue weighted by Crippen LogP contribution is -2.16. The number of amidine groups is 1. The average molecular weight is 408 g/mol. The number of terminal acetylenes is 1. The highest BCUT2D eigenvalue weighted by Crippen LogP contribution is 2.32. The maximum Gasteiger partial charge on any atom is 0.162 e. The van der Waals surface area contributed by atoms with Crippen molar-refractivity contribution in [2.24, 2.45) is 4.99 Å². The zero-order valence-corrected chi connectivity index (χ0v) is 17.7. The van der Waals surface area contributed by atoms with Crippen LogP contribution in [-0.4, -0.2) is 46.5 Å². The summed E-state index contributed by atoms with van der Waals surface area (Å²) in [5.41, 5.74) is 3.42. The fourth-order valence-corrected chi connectivity index (χ4v) is 2.70. The average Bonchev–Trinajstić information content (AvgIpc) is 2.75. The van der Waals surface area contributed by atoms with Gasteiger partial charge < -0.3 is 24.3 Å². The minimum atomic E-state index is 0.394. The Balaban J connectivity index is 2.39. The Kier molecular flexibility index (Phi) is 9.46. The first kappa shape index (κ1) is 23.0. The van der Waals surface area contributed by atoms with Crippen molar-refractivity contribution < 1.29 is 18.9 Å². The third-order valence-corrected chi connectivity index (χ3v) is 4.15. The molecule has 30 heavy (non-hydrogen) atoms. The maximum absolute atomic E-state index is 5.89. The molecule has 0 unspecified atom stereocenters. The minimum Gasteiger partial charge on any atom is -0.487 e. The summed E-state index contributed by atoms with van der Waals surface area (Å²) in [6.45, 7) is 7.47. The molecule has 0 fully saturated rings. The molecule has 0 spiro atoms. The van der Waals surface area contributed by atoms with Crippen LogP contribution in [0, 0.1) is 19.3 Å². The number of aliphatic imine (C=N–C) groups is 1. The van der Waals surface area contributed by atoms with Gasteiger partial charge in [0.05, 0.1) is 13.2 Å². The molecule has 0 atom stereocenters. The quantitative estimate of drug-likeness (QED) is 0.263. The molecule has 0 amide bonds. The van der Waals surface area contributed by atoms with E-state index in [-0.39, 0.29) is 0 Å². The molecule has 2 rings (SSSR count). The maximum atomic E-state index is 5.89. The first-order valence-corrected chi connectivity index (χ1v) is 9.53. The Hall–Kier alpha value is -3.27. The molecule has 6 nitrogen and oxygen atoms in total. The first-order chi connectivity index (χ1) is 14.6. The van der Waals surface area contributed by atoms with Crippen molar-refractivity contribution in [3.63, 3.8) is 0 Å². The fourth-order valence-electron chi connectivity index (χ4n) is 2.70. The van der Waals surface area contributed by atoms with Gasteiger partial charge in [0.1, 0.15) is 19.0 Å². The molecule has 0 aromatic heterocycles. The molecule has 0 saturated carbocycles. The molecule has 0 aliphatic heterocycles. The van der Waals surface area contributed by atoms with Crippen molar-refractivity contribution in [1.82, 2.24) is 0 Å². The van der Waals surface area contributed by atoms with Crippen LogP contribution in [0.25, 0.3) is 0 Å². The zero-order chi connectivity index (χ0) is 21.8. The normalized spacial score (nSPS) is 10.9. The molecule has 0 heterocycles. The van der Waals surface area contributed by atoms with E-state index in [1.165, 1.54) is 6.20 Å². The number of ether oxygens (including phenoxy) is 4. The van der Waals surface area contributed by atoms with E-state index in [2.05, 4.69) is 22.8 Å². The van der Waals surface area contributed by atoms with Crippen molar-refractivity contribution in [1.29, 1.82) is 0 Å². The van der Waals surface area contributed by atoms with Gasteiger partial charge in [-0.2, -0.15) is 0 Å². The van der Waals surface area contributed by atoms with E-state index in [0.717, 1.165) is 22.4 Å². The second kappa shape index (κ2) is 12.3. The van der Waals surface area contributed by atoms with Crippen LogP contribution in [-0.2, 0) is 9.47 Å². The predicted molar refractivity (Wildman–Crippen MR) is 121 cm³/mol. The van der Waals surface area contributed by atoms with Crippen LogP contribution in [0.3, 0.4) is 0 Å². The zero-order valence-electron chi connectivity index (χ0n) is 17.7. The van der Waals surface area contributed by atoms with Crippen LogP contribution in [0.15, 0.2) is 54.2 Å². The molecular weight excluding hydrogens is 380 g/mol. The van der Waals surface area contributed by atoms with E-state index < -0.39 is 0 Å². The topological polar surface area (TPSA) is 61.3 Å². The van der Waals surface area contributed by atoms with Crippen molar-refractivity contribution in [2.45, 2.75) is 6.92 Å². The second-order valence-electron chi connectivity index (χ2n) is 6.31. The first-order valence-electron chi connectivity index (χ1n) is 9.53. The Labute approximate surface area is 178 Å². The number of benzene rings is 2. The van der Waals surface area contributed by atoms with Gasteiger partial charge in [-0.1, -0.05) is 18.6 Å². The number of anilines is 1. The monoisotopic (exact) mass is 408 g/mol. The molecule has 158 valence electrons. The standard InChI is InChI=1S/C24H28N2O4/c1-6-19-9-8-10-20(16-19)26-24(25-7-2)21-17-23(30-14-12-28-5)22(15-18(21)3)29-13-11-27-4/h1,7-10,15-17H,2,11-14H2,3-5H3,(H,25,26). The van der Waals surface area contributed by atoms with E-state index in [0.29, 0.717) is 43.8 Å². The fraction of sp³-hybridized carbons (Fsp3) is 0.292. The molecule has 2 aromatic carbocycles. The highest BCUT2D eigenvalue weighted by atomic mass is 16.5. The number of rotatable bonds is 11. The summed E-state index contributed by atoms with van der Waals surface area (Å²) in [7, 11) is 3.26. The smallest absolute Gasteiger partial charge is 0.162 e. The summed E-state index contributed by atoms with van der Waals surface area (Å²) >= 11 is 0. The highest BCUT2D eigenvalue weighted by molar-refractivity contribution is 6.09. The number of hydrogen-bond acceptors (Lipinski definition) is 5. The van der Waals surface area contributed by atoms with Gasteiger partial charge in [-0.3, -0.25) is 0 Å². The number of nitrogens with zero attached hydrogens (tertiary/aromatic N) is 1. The minimum absolute atomic E-state index is 0.394. The van der Waals surface area contributed by atoms with E-state index in [1.54, 1.807) is 14.2 Å². The van der Waals surface area contributed by atoms with Crippen LogP contribution in [0.4, 0.5) is 5.69 Å². The molecule has 0 aliphatic rings. The number of nitrogens with one attached hydrogen (secondary N) is 1. The number of methoxy groups -OCH3 is 2. The van der Waals surface area contributed by atoms with Crippen LogP contribution >= 0.6 is 0 Å². The van der Waals surface area contributed by atoms with Gasteiger partial charge in [0.2, 0.25) is 0 Å². The molecule has 6 heteroatoms. The second-order valence-corrected chi connectivity index (χ2v) is 6.31. The largest absolute Gasteiger partial charge is 0.487 e. The summed E-state index contributed by atoms with van der Waals surface area (Å²) in [4.78, 5) is 4.43. The van der Waals surface area contributed by atoms with Gasteiger partial charge in [0, 0.05) is 37.2 Å². The Morgan fingerprint density at radius 1 is 1.07 bits per heavy atom. The molecule has 0 saturated heterocycles. The lowest BCUT2D eigenvalue weighted by Gasteiger charge is -2.18. The third-order valence-electron chi connectivity index (χ3n) is 4.15. The van der Waals surface area contributed by atoms with E-state index in [4.69, 9.17) is 25.4 Å². The van der Waals surface area contributed by atoms with Crippen molar-refractivity contribution in [2.75, 3.05) is 46.0 Å². The van der Waals surface area contributed by atoms with Crippen LogP contribution in [0.2, 0.25) is 0 Å². The van der Waals surface area contributed by atoms with E-state index in [9.17, 15) is 0 Å². The Morgan fingerprint density at radius 3 is 2.33 bits per heavy atom. The summed E-state index contributed by atoms with van der Waals surface area (Å²) in [5, 5.41) is 3.32. The predicted octanol–water partition coefficient (Wildman–Crippen LogP) is 4.03. The van der Waals surface area contributed by atoms with Crippen LogP contribution in [0.1, 0.15) is 16.7 Å². The molecule has 2 aromatic rings. The van der Waals surface area contributed by atoms with E-state index >= 15 is 0 Å². The number of aryl methyl sites for hydroxylation is 1. The van der Waals surface area contributed by atoms with Gasteiger partial charge in [-0.15, -0.1) is 6.42 Å². The summed E-state index contributed by atoms with van der Waals surface area (Å²) < 4.78 is 21.9. The van der Waals surface area contributed by atoms with E-state index in [1.807, 2.05) is 43.3 Å². The summed E-state index contributed by atoms with van der Waals surface area (Å²) in [5.74, 6) is 4.49. The van der Waals surface area contributed by atoms with Crippen molar-refractivity contribution in [3.8, 4) is 23.8 Å². The van der Waals surface area contributed by atoms with Crippen molar-refractivity contribution in [3.05, 3.63) is 65.9 Å². The third kappa shape index (κ3) is 6.66. The molecular formula is C24H28N2O4. The van der Waals surface area contributed by atoms with Crippen molar-refractivity contribution >= 4 is 11.5 Å². The molecule has 0 aliphatic carbocycles. The Bertz CT molecular complexity index is 916. The highest BCUT2D eigenvalue weighted by Gasteiger charge is 2.15.